The number of carbonyl (C=O) groups is 2. The van der Waals surface area contributed by atoms with Crippen LogP contribution in [0.1, 0.15) is 57.6 Å². The minimum atomic E-state index is -0.838. The van der Waals surface area contributed by atoms with Crippen molar-refractivity contribution in [1.29, 1.82) is 0 Å². The molecule has 2 N–H and O–H groups in total. The summed E-state index contributed by atoms with van der Waals surface area (Å²) >= 11 is 0. The minimum Gasteiger partial charge on any atom is -0.420 e. The van der Waals surface area contributed by atoms with Crippen LogP contribution in [0.3, 0.4) is 0 Å². The first kappa shape index (κ1) is 25.5. The summed E-state index contributed by atoms with van der Waals surface area (Å²) in [6.07, 6.45) is 0. The molecule has 5 heteroatoms. The molecule has 30 heavy (non-hydrogen) atoms. The zero-order valence-corrected chi connectivity index (χ0v) is 19.3. The molecule has 0 aromatic heterocycles. The summed E-state index contributed by atoms with van der Waals surface area (Å²) < 4.78 is 5.40. The first-order chi connectivity index (χ1) is 13.8. The van der Waals surface area contributed by atoms with Crippen molar-refractivity contribution in [1.82, 2.24) is 0 Å². The second kappa shape index (κ2) is 10.5. The lowest BCUT2D eigenvalue weighted by atomic mass is 9.96. The molecule has 0 aliphatic rings. The lowest BCUT2D eigenvalue weighted by Gasteiger charge is -2.16. The number of ether oxygens (including phenoxy) is 1. The monoisotopic (exact) mass is 414 g/mol. The number of aryl methyl sites for hydroxylation is 6. The summed E-state index contributed by atoms with van der Waals surface area (Å²) in [6.45, 7) is 15.0. The highest BCUT2D eigenvalue weighted by molar-refractivity contribution is 6.41. The van der Waals surface area contributed by atoms with Crippen LogP contribution in [-0.4, -0.2) is 35.2 Å². The average Bonchev–Trinajstić information content (AvgIpc) is 2.64. The van der Waals surface area contributed by atoms with E-state index in [1.54, 1.807) is 13.8 Å². The number of aliphatic hydroxyl groups excluding tert-OH is 2. The average molecular weight is 415 g/mol. The van der Waals surface area contributed by atoms with E-state index in [0.29, 0.717) is 11.3 Å². The SMILES string of the molecule is CC(C)(CO)CO.Cc1cc(C)c(OC(=O)C(=O)c2c(C)cc(C)cc2C)c(C)c1. The van der Waals surface area contributed by atoms with Gasteiger partial charge in [0.15, 0.2) is 0 Å². The molecule has 0 aliphatic carbocycles. The number of Topliss-reactive ketones (excluding diaryl/α,β-unsaturated/α-hetero) is 1. The van der Waals surface area contributed by atoms with Crippen LogP contribution in [0.25, 0.3) is 0 Å². The van der Waals surface area contributed by atoms with Gasteiger partial charge in [-0.2, -0.15) is 0 Å². The van der Waals surface area contributed by atoms with E-state index in [4.69, 9.17) is 14.9 Å². The smallest absolute Gasteiger partial charge is 0.385 e. The van der Waals surface area contributed by atoms with Crippen molar-refractivity contribution in [3.8, 4) is 5.75 Å². The molecule has 5 nitrogen and oxygen atoms in total. The molecule has 0 amide bonds. The number of esters is 1. The molecule has 0 saturated carbocycles. The predicted octanol–water partition coefficient (Wildman–Crippen LogP) is 4.32. The van der Waals surface area contributed by atoms with Gasteiger partial charge in [-0.15, -0.1) is 0 Å². The molecule has 0 saturated heterocycles. The fourth-order valence-corrected chi connectivity index (χ4v) is 3.16. The van der Waals surface area contributed by atoms with Crippen LogP contribution in [-0.2, 0) is 4.79 Å². The Labute approximate surface area is 179 Å². The Morgan fingerprint density at radius 3 is 1.47 bits per heavy atom. The van der Waals surface area contributed by atoms with E-state index in [0.717, 1.165) is 33.4 Å². The topological polar surface area (TPSA) is 83.8 Å². The summed E-state index contributed by atoms with van der Waals surface area (Å²) in [5.41, 5.74) is 5.57. The molecular weight excluding hydrogens is 380 g/mol. The Kier molecular flexibility index (Phi) is 8.94. The van der Waals surface area contributed by atoms with Crippen molar-refractivity contribution >= 4 is 11.8 Å². The Morgan fingerprint density at radius 2 is 1.13 bits per heavy atom. The van der Waals surface area contributed by atoms with Crippen molar-refractivity contribution < 1.29 is 24.5 Å². The van der Waals surface area contributed by atoms with Gasteiger partial charge in [0.25, 0.3) is 5.78 Å². The van der Waals surface area contributed by atoms with Crippen molar-refractivity contribution in [2.24, 2.45) is 5.41 Å². The van der Waals surface area contributed by atoms with E-state index in [-0.39, 0.29) is 18.6 Å². The van der Waals surface area contributed by atoms with Gasteiger partial charge in [0.1, 0.15) is 5.75 Å². The lowest BCUT2D eigenvalue weighted by molar-refractivity contribution is -0.129. The van der Waals surface area contributed by atoms with Gasteiger partial charge in [0.05, 0.1) is 13.2 Å². The van der Waals surface area contributed by atoms with E-state index < -0.39 is 11.8 Å². The third kappa shape index (κ3) is 6.78. The largest absolute Gasteiger partial charge is 0.420 e. The minimum absolute atomic E-state index is 0.0451. The van der Waals surface area contributed by atoms with Crippen LogP contribution in [0, 0.1) is 47.0 Å². The molecule has 2 aromatic carbocycles. The summed E-state index contributed by atoms with van der Waals surface area (Å²) in [7, 11) is 0. The third-order valence-corrected chi connectivity index (χ3v) is 4.74. The number of hydrogen-bond donors (Lipinski definition) is 2. The van der Waals surface area contributed by atoms with Crippen molar-refractivity contribution in [2.75, 3.05) is 13.2 Å². The van der Waals surface area contributed by atoms with E-state index >= 15 is 0 Å². The van der Waals surface area contributed by atoms with Gasteiger partial charge >= 0.3 is 5.97 Å². The molecule has 164 valence electrons. The zero-order chi connectivity index (χ0) is 23.2. The number of aliphatic hydroxyl groups is 2. The molecule has 0 fully saturated rings. The van der Waals surface area contributed by atoms with Gasteiger partial charge in [-0.3, -0.25) is 4.79 Å². The maximum Gasteiger partial charge on any atom is 0.385 e. The second-order valence-electron chi connectivity index (χ2n) is 8.70. The van der Waals surface area contributed by atoms with Gasteiger partial charge in [-0.1, -0.05) is 49.2 Å². The standard InChI is InChI=1S/C20H22O3.C5H12O2/c1-11-7-13(3)17(14(4)8-11)18(21)20(22)23-19-15(5)9-12(2)10-16(19)6;1-5(2,3-6)4-7/h7-10H,1-6H3;6-7H,3-4H2,1-2H3. The van der Waals surface area contributed by atoms with Crippen LogP contribution in [0.15, 0.2) is 24.3 Å². The van der Waals surface area contributed by atoms with E-state index in [2.05, 4.69) is 0 Å². The van der Waals surface area contributed by atoms with Gasteiger partial charge in [-0.25, -0.2) is 4.79 Å². The highest BCUT2D eigenvalue weighted by atomic mass is 16.5. The van der Waals surface area contributed by atoms with Gasteiger partial charge < -0.3 is 14.9 Å². The van der Waals surface area contributed by atoms with Crippen LogP contribution < -0.4 is 4.74 Å². The Bertz CT molecular complexity index is 873. The number of hydrogen-bond acceptors (Lipinski definition) is 5. The summed E-state index contributed by atoms with van der Waals surface area (Å²) in [6, 6.07) is 7.66. The molecular formula is C25H34O5. The fraction of sp³-hybridized carbons (Fsp3) is 0.440. The summed E-state index contributed by atoms with van der Waals surface area (Å²) in [4.78, 5) is 24.8. The van der Waals surface area contributed by atoms with Crippen LogP contribution in [0.5, 0.6) is 5.75 Å². The van der Waals surface area contributed by atoms with Gasteiger partial charge in [-0.05, 0) is 63.8 Å². The van der Waals surface area contributed by atoms with Gasteiger partial charge in [0.2, 0.25) is 0 Å². The van der Waals surface area contributed by atoms with E-state index in [9.17, 15) is 9.59 Å². The Morgan fingerprint density at radius 1 is 0.767 bits per heavy atom. The molecule has 0 unspecified atom stereocenters. The number of carbonyl (C=O) groups excluding carboxylic acids is 2. The molecule has 0 aliphatic heterocycles. The number of benzene rings is 2. The molecule has 0 bridgehead atoms. The Balaban J connectivity index is 0.000000553. The maximum absolute atomic E-state index is 12.5. The summed E-state index contributed by atoms with van der Waals surface area (Å²) in [5, 5.41) is 16.9. The van der Waals surface area contributed by atoms with Gasteiger partial charge in [0, 0.05) is 11.0 Å². The first-order valence-corrected chi connectivity index (χ1v) is 9.97. The van der Waals surface area contributed by atoms with E-state index in [1.165, 1.54) is 0 Å². The molecule has 0 spiro atoms. The molecule has 0 radical (unpaired) electrons. The highest BCUT2D eigenvalue weighted by Gasteiger charge is 2.24. The summed E-state index contributed by atoms with van der Waals surface area (Å²) in [5.74, 6) is -0.967. The van der Waals surface area contributed by atoms with Crippen molar-refractivity contribution in [2.45, 2.75) is 55.4 Å². The van der Waals surface area contributed by atoms with Crippen LogP contribution in [0.2, 0.25) is 0 Å². The zero-order valence-electron chi connectivity index (χ0n) is 19.3. The highest BCUT2D eigenvalue weighted by Crippen LogP contribution is 2.25. The maximum atomic E-state index is 12.5. The Hall–Kier alpha value is -2.50. The second-order valence-corrected chi connectivity index (χ2v) is 8.70. The normalized spacial score (nSPS) is 10.9. The fourth-order valence-electron chi connectivity index (χ4n) is 3.16. The lowest BCUT2D eigenvalue weighted by Crippen LogP contribution is -2.23. The van der Waals surface area contributed by atoms with Crippen molar-refractivity contribution in [3.63, 3.8) is 0 Å². The molecule has 2 rings (SSSR count). The third-order valence-electron chi connectivity index (χ3n) is 4.74. The number of ketones is 1. The number of rotatable bonds is 5. The predicted molar refractivity (Wildman–Crippen MR) is 119 cm³/mol. The van der Waals surface area contributed by atoms with Crippen molar-refractivity contribution in [3.05, 3.63) is 63.2 Å². The van der Waals surface area contributed by atoms with Crippen LogP contribution >= 0.6 is 0 Å². The molecule has 2 aromatic rings. The van der Waals surface area contributed by atoms with E-state index in [1.807, 2.05) is 65.8 Å². The van der Waals surface area contributed by atoms with Crippen LogP contribution in [0.4, 0.5) is 0 Å². The quantitative estimate of drug-likeness (QED) is 0.329. The molecule has 0 atom stereocenters. The molecule has 0 heterocycles. The first-order valence-electron chi connectivity index (χ1n) is 9.97.